The molecule has 0 aromatic carbocycles. The number of aryl methyl sites for hydroxylation is 3. The van der Waals surface area contributed by atoms with E-state index in [9.17, 15) is 9.59 Å². The zero-order valence-electron chi connectivity index (χ0n) is 11.8. The quantitative estimate of drug-likeness (QED) is 0.909. The molecule has 2 aromatic rings. The van der Waals surface area contributed by atoms with Crippen LogP contribution in [0, 0.1) is 20.8 Å². The minimum Gasteiger partial charge on any atom is -0.466 e. The van der Waals surface area contributed by atoms with Crippen LogP contribution < -0.4 is 10.9 Å². The number of hydrogen-bond acceptors (Lipinski definition) is 4. The molecule has 0 aliphatic rings. The van der Waals surface area contributed by atoms with Crippen LogP contribution in [-0.4, -0.2) is 22.0 Å². The minimum absolute atomic E-state index is 0.0930. The number of carbonyl (C=O) groups is 1. The fraction of sp³-hybridized carbons (Fsp3) is 0.357. The van der Waals surface area contributed by atoms with Crippen LogP contribution in [0.5, 0.6) is 0 Å². The van der Waals surface area contributed by atoms with E-state index in [0.29, 0.717) is 35.7 Å². The normalized spacial score (nSPS) is 10.6. The van der Waals surface area contributed by atoms with Gasteiger partial charge in [-0.25, -0.2) is 4.98 Å². The van der Waals surface area contributed by atoms with Crippen LogP contribution in [0.1, 0.15) is 27.4 Å². The highest BCUT2D eigenvalue weighted by Crippen LogP contribution is 2.12. The molecule has 106 valence electrons. The summed E-state index contributed by atoms with van der Waals surface area (Å²) in [5.41, 5.74) is 1.02. The molecule has 2 heterocycles. The zero-order chi connectivity index (χ0) is 14.7. The van der Waals surface area contributed by atoms with Gasteiger partial charge in [-0.15, -0.1) is 0 Å². The third-order valence-corrected chi connectivity index (χ3v) is 3.00. The molecule has 0 spiro atoms. The molecule has 0 unspecified atom stereocenters. The predicted octanol–water partition coefficient (Wildman–Crippen LogP) is 1.19. The third-order valence-electron chi connectivity index (χ3n) is 3.00. The van der Waals surface area contributed by atoms with E-state index in [1.54, 1.807) is 26.8 Å². The molecule has 1 N–H and O–H groups in total. The predicted molar refractivity (Wildman–Crippen MR) is 73.7 cm³/mol. The molecule has 0 bridgehead atoms. The van der Waals surface area contributed by atoms with Crippen LogP contribution in [-0.2, 0) is 6.54 Å². The summed E-state index contributed by atoms with van der Waals surface area (Å²) >= 11 is 0. The van der Waals surface area contributed by atoms with E-state index in [-0.39, 0.29) is 11.5 Å². The number of hydrogen-bond donors (Lipinski definition) is 1. The summed E-state index contributed by atoms with van der Waals surface area (Å²) in [5, 5.41) is 2.76. The third kappa shape index (κ3) is 2.96. The number of nitrogens with one attached hydrogen (secondary N) is 1. The summed E-state index contributed by atoms with van der Waals surface area (Å²) in [6, 6.07) is 1.70. The first-order valence-electron chi connectivity index (χ1n) is 6.35. The van der Waals surface area contributed by atoms with Crippen molar-refractivity contribution in [1.29, 1.82) is 0 Å². The summed E-state index contributed by atoms with van der Waals surface area (Å²) in [6.07, 6.45) is 2.99. The summed E-state index contributed by atoms with van der Waals surface area (Å²) in [7, 11) is 0. The Bertz CT molecular complexity index is 685. The Labute approximate surface area is 116 Å². The van der Waals surface area contributed by atoms with Crippen molar-refractivity contribution in [3.63, 3.8) is 0 Å². The van der Waals surface area contributed by atoms with Crippen molar-refractivity contribution >= 4 is 5.91 Å². The van der Waals surface area contributed by atoms with Gasteiger partial charge in [0.2, 0.25) is 0 Å². The van der Waals surface area contributed by atoms with Crippen molar-refractivity contribution in [2.75, 3.05) is 6.54 Å². The molecule has 0 radical (unpaired) electrons. The minimum atomic E-state index is -0.201. The van der Waals surface area contributed by atoms with E-state index in [1.807, 2.05) is 0 Å². The maximum absolute atomic E-state index is 11.9. The second-order valence-corrected chi connectivity index (χ2v) is 4.66. The molecule has 1 amide bonds. The second kappa shape index (κ2) is 5.73. The van der Waals surface area contributed by atoms with Gasteiger partial charge in [0.1, 0.15) is 11.5 Å². The van der Waals surface area contributed by atoms with Crippen molar-refractivity contribution < 1.29 is 9.21 Å². The smallest absolute Gasteiger partial charge is 0.256 e. The summed E-state index contributed by atoms with van der Waals surface area (Å²) in [4.78, 5) is 27.7. The second-order valence-electron chi connectivity index (χ2n) is 4.66. The molecule has 0 saturated carbocycles. The van der Waals surface area contributed by atoms with Crippen LogP contribution in [0.2, 0.25) is 0 Å². The Balaban J connectivity index is 1.96. The molecular formula is C14H17N3O3. The van der Waals surface area contributed by atoms with Gasteiger partial charge in [-0.3, -0.25) is 14.2 Å². The van der Waals surface area contributed by atoms with E-state index in [4.69, 9.17) is 4.42 Å². The molecule has 0 atom stereocenters. The molecule has 0 saturated heterocycles. The van der Waals surface area contributed by atoms with E-state index in [0.717, 1.165) is 0 Å². The highest BCUT2D eigenvalue weighted by atomic mass is 16.3. The molecular weight excluding hydrogens is 258 g/mol. The largest absolute Gasteiger partial charge is 0.466 e. The molecule has 0 fully saturated rings. The number of carbonyl (C=O) groups excluding carboxylic acids is 1. The molecule has 2 rings (SSSR count). The monoisotopic (exact) mass is 275 g/mol. The van der Waals surface area contributed by atoms with Crippen molar-refractivity contribution in [3.05, 3.63) is 51.6 Å². The van der Waals surface area contributed by atoms with Crippen LogP contribution in [0.25, 0.3) is 0 Å². The van der Waals surface area contributed by atoms with Gasteiger partial charge in [0, 0.05) is 24.8 Å². The maximum atomic E-state index is 11.9. The number of rotatable bonds is 4. The Morgan fingerprint density at radius 3 is 2.80 bits per heavy atom. The first kappa shape index (κ1) is 14.0. The van der Waals surface area contributed by atoms with Gasteiger partial charge in [0.05, 0.1) is 11.9 Å². The molecule has 6 nitrogen and oxygen atoms in total. The van der Waals surface area contributed by atoms with E-state index in [2.05, 4.69) is 10.3 Å². The van der Waals surface area contributed by atoms with Crippen LogP contribution in [0.3, 0.4) is 0 Å². The van der Waals surface area contributed by atoms with E-state index < -0.39 is 0 Å². The van der Waals surface area contributed by atoms with Crippen molar-refractivity contribution in [3.8, 4) is 0 Å². The number of amides is 1. The topological polar surface area (TPSA) is 77.1 Å². The molecule has 6 heteroatoms. The molecule has 2 aromatic heterocycles. The fourth-order valence-corrected chi connectivity index (χ4v) is 1.96. The lowest BCUT2D eigenvalue weighted by Crippen LogP contribution is -2.31. The highest BCUT2D eigenvalue weighted by Gasteiger charge is 2.12. The maximum Gasteiger partial charge on any atom is 0.256 e. The van der Waals surface area contributed by atoms with E-state index in [1.165, 1.54) is 17.1 Å². The lowest BCUT2D eigenvalue weighted by molar-refractivity contribution is 0.0950. The zero-order valence-corrected chi connectivity index (χ0v) is 11.8. The summed E-state index contributed by atoms with van der Waals surface area (Å²) in [6.45, 7) is 5.99. The summed E-state index contributed by atoms with van der Waals surface area (Å²) < 4.78 is 6.78. The van der Waals surface area contributed by atoms with Gasteiger partial charge < -0.3 is 9.73 Å². The lowest BCUT2D eigenvalue weighted by atomic mass is 10.2. The Hall–Kier alpha value is -2.37. The van der Waals surface area contributed by atoms with Gasteiger partial charge in [0.15, 0.2) is 0 Å². The number of nitrogens with zero attached hydrogens (tertiary/aromatic N) is 2. The van der Waals surface area contributed by atoms with Crippen molar-refractivity contribution in [2.24, 2.45) is 0 Å². The van der Waals surface area contributed by atoms with Crippen molar-refractivity contribution in [1.82, 2.24) is 14.9 Å². The first-order valence-corrected chi connectivity index (χ1v) is 6.35. The van der Waals surface area contributed by atoms with Gasteiger partial charge in [-0.05, 0) is 26.8 Å². The average molecular weight is 275 g/mol. The molecule has 0 aliphatic heterocycles. The van der Waals surface area contributed by atoms with Gasteiger partial charge >= 0.3 is 0 Å². The van der Waals surface area contributed by atoms with Gasteiger partial charge in [-0.2, -0.15) is 0 Å². The standard InChI is InChI=1S/C14H17N3O3/c1-9-7-15-8-17(14(9)19)5-4-16-13(18)12-6-10(2)20-11(12)3/h6-8H,4-5H2,1-3H3,(H,16,18). The Kier molecular flexibility index (Phi) is 4.02. The van der Waals surface area contributed by atoms with Crippen LogP contribution in [0.15, 0.2) is 27.8 Å². The van der Waals surface area contributed by atoms with Gasteiger partial charge in [-0.1, -0.05) is 0 Å². The molecule has 20 heavy (non-hydrogen) atoms. The Morgan fingerprint density at radius 2 is 2.15 bits per heavy atom. The number of aromatic nitrogens is 2. The Morgan fingerprint density at radius 1 is 1.40 bits per heavy atom. The van der Waals surface area contributed by atoms with Crippen LogP contribution >= 0.6 is 0 Å². The number of furan rings is 1. The first-order chi connectivity index (χ1) is 9.49. The molecule has 0 aliphatic carbocycles. The van der Waals surface area contributed by atoms with Crippen molar-refractivity contribution in [2.45, 2.75) is 27.3 Å². The summed E-state index contributed by atoms with van der Waals surface area (Å²) in [5.74, 6) is 1.09. The fourth-order valence-electron chi connectivity index (χ4n) is 1.96. The van der Waals surface area contributed by atoms with Gasteiger partial charge in [0.25, 0.3) is 11.5 Å². The van der Waals surface area contributed by atoms with E-state index >= 15 is 0 Å². The SMILES string of the molecule is Cc1cc(C(=O)NCCn2cncc(C)c2=O)c(C)o1. The lowest BCUT2D eigenvalue weighted by Gasteiger charge is -2.07. The average Bonchev–Trinajstić information content (AvgIpc) is 2.73. The highest BCUT2D eigenvalue weighted by molar-refractivity contribution is 5.95. The van der Waals surface area contributed by atoms with Crippen LogP contribution in [0.4, 0.5) is 0 Å².